The van der Waals surface area contributed by atoms with Crippen molar-refractivity contribution >= 4 is 46.2 Å². The first kappa shape index (κ1) is 15.1. The zero-order valence-corrected chi connectivity index (χ0v) is 14.7. The van der Waals surface area contributed by atoms with E-state index in [0.29, 0.717) is 15.2 Å². The molecule has 2 aromatic rings. The first-order valence-corrected chi connectivity index (χ1v) is 8.48. The molecule has 6 heteroatoms. The van der Waals surface area contributed by atoms with Crippen LogP contribution in [0.2, 0.25) is 10.0 Å². The average Bonchev–Trinajstić information content (AvgIpc) is 2.48. The lowest BCUT2D eigenvalue weighted by Crippen LogP contribution is -2.65. The van der Waals surface area contributed by atoms with E-state index in [1.807, 2.05) is 54.3 Å². The van der Waals surface area contributed by atoms with E-state index < -0.39 is 5.72 Å². The zero-order chi connectivity index (χ0) is 16.2. The van der Waals surface area contributed by atoms with Gasteiger partial charge in [0.05, 0.1) is 11.1 Å². The van der Waals surface area contributed by atoms with Crippen molar-refractivity contribution in [3.05, 3.63) is 58.1 Å². The van der Waals surface area contributed by atoms with Crippen LogP contribution in [-0.2, 0) is 0 Å². The summed E-state index contributed by atoms with van der Waals surface area (Å²) in [7, 11) is 0. The summed E-state index contributed by atoms with van der Waals surface area (Å²) in [6.07, 6.45) is 0.757. The fraction of sp³-hybridized carbons (Fsp3) is 0.235. The van der Waals surface area contributed by atoms with Crippen LogP contribution in [0.25, 0.3) is 0 Å². The Morgan fingerprint density at radius 3 is 2.83 bits per heavy atom. The molecule has 0 radical (unpaired) electrons. The number of halogens is 2. The molecule has 0 spiro atoms. The molecule has 2 aliphatic heterocycles. The smallest absolute Gasteiger partial charge is 0.188 e. The highest BCUT2D eigenvalue weighted by Gasteiger charge is 2.48. The van der Waals surface area contributed by atoms with Gasteiger partial charge in [-0.3, -0.25) is 4.90 Å². The van der Waals surface area contributed by atoms with E-state index in [1.165, 1.54) is 0 Å². The van der Waals surface area contributed by atoms with E-state index in [0.717, 1.165) is 23.4 Å². The second kappa shape index (κ2) is 5.26. The Kier molecular flexibility index (Phi) is 3.45. The third-order valence-electron chi connectivity index (χ3n) is 4.32. The zero-order valence-electron chi connectivity index (χ0n) is 12.3. The number of fused-ring (bicyclic) bond motifs is 4. The normalized spacial score (nSPS) is 25.4. The van der Waals surface area contributed by atoms with Gasteiger partial charge in [0, 0.05) is 22.7 Å². The Hall–Kier alpha value is -1.49. The number of anilines is 1. The van der Waals surface area contributed by atoms with Crippen molar-refractivity contribution in [2.75, 3.05) is 4.90 Å². The highest BCUT2D eigenvalue weighted by Crippen LogP contribution is 2.48. The lowest BCUT2D eigenvalue weighted by Gasteiger charge is -2.52. The third kappa shape index (κ3) is 2.36. The highest BCUT2D eigenvalue weighted by atomic mass is 35.5. The molecule has 2 aliphatic rings. The number of hydrogen-bond donors (Lipinski definition) is 1. The number of benzene rings is 2. The molecule has 118 valence electrons. The van der Waals surface area contributed by atoms with Crippen molar-refractivity contribution in [2.24, 2.45) is 0 Å². The molecule has 0 unspecified atom stereocenters. The van der Waals surface area contributed by atoms with E-state index in [4.69, 9.17) is 40.2 Å². The minimum absolute atomic E-state index is 0.0883. The SMILES string of the molecule is C[C@]12C[C@H](NC(=S)N1c1cccc(Cl)c1)c1cccc(Cl)c1O2. The van der Waals surface area contributed by atoms with Crippen LogP contribution < -0.4 is 15.0 Å². The summed E-state index contributed by atoms with van der Waals surface area (Å²) >= 11 is 18.1. The topological polar surface area (TPSA) is 24.5 Å². The van der Waals surface area contributed by atoms with Gasteiger partial charge in [-0.2, -0.15) is 0 Å². The molecule has 1 N–H and O–H groups in total. The van der Waals surface area contributed by atoms with Gasteiger partial charge < -0.3 is 10.1 Å². The molecule has 0 amide bonds. The molecular weight excluding hydrogens is 351 g/mol. The Balaban J connectivity index is 1.84. The molecule has 23 heavy (non-hydrogen) atoms. The van der Waals surface area contributed by atoms with Crippen LogP contribution in [0.1, 0.15) is 24.9 Å². The van der Waals surface area contributed by atoms with E-state index in [1.54, 1.807) is 0 Å². The predicted octanol–water partition coefficient (Wildman–Crippen LogP) is 4.93. The molecule has 2 heterocycles. The molecule has 0 saturated carbocycles. The van der Waals surface area contributed by atoms with Crippen molar-refractivity contribution in [1.82, 2.24) is 5.32 Å². The van der Waals surface area contributed by atoms with Crippen LogP contribution in [0.4, 0.5) is 5.69 Å². The van der Waals surface area contributed by atoms with Crippen LogP contribution >= 0.6 is 35.4 Å². The number of thiocarbonyl (C=S) groups is 1. The molecule has 3 nitrogen and oxygen atoms in total. The van der Waals surface area contributed by atoms with Gasteiger partial charge in [-0.25, -0.2) is 0 Å². The maximum Gasteiger partial charge on any atom is 0.188 e. The van der Waals surface area contributed by atoms with E-state index >= 15 is 0 Å². The van der Waals surface area contributed by atoms with E-state index in [-0.39, 0.29) is 6.04 Å². The fourth-order valence-corrected chi connectivity index (χ4v) is 4.20. The van der Waals surface area contributed by atoms with Crippen LogP contribution in [0, 0.1) is 0 Å². The van der Waals surface area contributed by atoms with E-state index in [9.17, 15) is 0 Å². The van der Waals surface area contributed by atoms with E-state index in [2.05, 4.69) is 5.32 Å². The molecule has 4 rings (SSSR count). The monoisotopic (exact) mass is 364 g/mol. The van der Waals surface area contributed by atoms with Gasteiger partial charge in [-0.05, 0) is 43.4 Å². The summed E-state index contributed by atoms with van der Waals surface area (Å²) in [5, 5.41) is 5.29. The number of nitrogens with zero attached hydrogens (tertiary/aromatic N) is 1. The molecule has 1 saturated heterocycles. The Morgan fingerprint density at radius 1 is 1.26 bits per heavy atom. The second-order valence-corrected chi connectivity index (χ2v) is 7.19. The maximum absolute atomic E-state index is 6.35. The molecule has 2 aromatic carbocycles. The number of hydrogen-bond acceptors (Lipinski definition) is 2. The molecule has 2 atom stereocenters. The molecular formula is C17H14Cl2N2OS. The van der Waals surface area contributed by atoms with Crippen molar-refractivity contribution in [2.45, 2.75) is 25.1 Å². The van der Waals surface area contributed by atoms with Crippen molar-refractivity contribution in [3.8, 4) is 5.75 Å². The summed E-state index contributed by atoms with van der Waals surface area (Å²) in [4.78, 5) is 1.97. The standard InChI is InChI=1S/C17H14Cl2N2OS/c1-17-9-14(12-6-3-7-13(19)15(12)22-17)20-16(23)21(17)11-5-2-4-10(18)8-11/h2-8,14H,9H2,1H3,(H,20,23)/t14-,17-/m0/s1. The molecule has 0 aliphatic carbocycles. The summed E-state index contributed by atoms with van der Waals surface area (Å²) in [5.41, 5.74) is 1.32. The summed E-state index contributed by atoms with van der Waals surface area (Å²) in [6.45, 7) is 2.03. The van der Waals surface area contributed by atoms with Gasteiger partial charge in [0.2, 0.25) is 0 Å². The van der Waals surface area contributed by atoms with Crippen LogP contribution in [-0.4, -0.2) is 10.8 Å². The van der Waals surface area contributed by atoms with Gasteiger partial charge in [0.1, 0.15) is 5.75 Å². The fourth-order valence-electron chi connectivity index (χ4n) is 3.36. The molecule has 1 fully saturated rings. The largest absolute Gasteiger partial charge is 0.466 e. The number of rotatable bonds is 1. The number of para-hydroxylation sites is 1. The Labute approximate surface area is 150 Å². The van der Waals surface area contributed by atoms with Gasteiger partial charge in [0.15, 0.2) is 10.8 Å². The van der Waals surface area contributed by atoms with Gasteiger partial charge in [-0.1, -0.05) is 41.4 Å². The van der Waals surface area contributed by atoms with Gasteiger partial charge in [0.25, 0.3) is 0 Å². The van der Waals surface area contributed by atoms with Gasteiger partial charge in [-0.15, -0.1) is 0 Å². The minimum Gasteiger partial charge on any atom is -0.466 e. The lowest BCUT2D eigenvalue weighted by atomic mass is 9.90. The first-order valence-electron chi connectivity index (χ1n) is 7.32. The van der Waals surface area contributed by atoms with Crippen molar-refractivity contribution in [3.63, 3.8) is 0 Å². The second-order valence-electron chi connectivity index (χ2n) is 5.96. The Morgan fingerprint density at radius 2 is 2.04 bits per heavy atom. The molecule has 0 aromatic heterocycles. The summed E-state index contributed by atoms with van der Waals surface area (Å²) < 4.78 is 6.32. The number of ether oxygens (including phenoxy) is 1. The van der Waals surface area contributed by atoms with Crippen LogP contribution in [0.15, 0.2) is 42.5 Å². The maximum atomic E-state index is 6.35. The summed E-state index contributed by atoms with van der Waals surface area (Å²) in [6, 6.07) is 13.5. The highest BCUT2D eigenvalue weighted by molar-refractivity contribution is 7.80. The first-order chi connectivity index (χ1) is 11.0. The van der Waals surface area contributed by atoms with Crippen molar-refractivity contribution < 1.29 is 4.74 Å². The number of nitrogens with one attached hydrogen (secondary N) is 1. The predicted molar refractivity (Wildman–Crippen MR) is 97.5 cm³/mol. The quantitative estimate of drug-likeness (QED) is 0.725. The van der Waals surface area contributed by atoms with Crippen LogP contribution in [0.3, 0.4) is 0 Å². The van der Waals surface area contributed by atoms with Gasteiger partial charge >= 0.3 is 0 Å². The average molecular weight is 365 g/mol. The summed E-state index contributed by atoms with van der Waals surface area (Å²) in [5.74, 6) is 0.718. The minimum atomic E-state index is -0.615. The van der Waals surface area contributed by atoms with Crippen molar-refractivity contribution in [1.29, 1.82) is 0 Å². The molecule has 2 bridgehead atoms. The lowest BCUT2D eigenvalue weighted by molar-refractivity contribution is 0.0499. The van der Waals surface area contributed by atoms with Crippen LogP contribution in [0.5, 0.6) is 5.75 Å². The Bertz CT molecular complexity index is 813. The third-order valence-corrected chi connectivity index (χ3v) is 5.15.